The van der Waals surface area contributed by atoms with E-state index >= 15 is 0 Å². The highest BCUT2D eigenvalue weighted by Gasteiger charge is 2.13. The summed E-state index contributed by atoms with van der Waals surface area (Å²) in [5, 5.41) is 3.54. The fourth-order valence-corrected chi connectivity index (χ4v) is 2.35. The summed E-state index contributed by atoms with van der Waals surface area (Å²) in [4.78, 5) is 0. The van der Waals surface area contributed by atoms with Crippen molar-refractivity contribution in [2.45, 2.75) is 32.7 Å². The third-order valence-corrected chi connectivity index (χ3v) is 4.22. The second-order valence-corrected chi connectivity index (χ2v) is 5.28. The van der Waals surface area contributed by atoms with Gasteiger partial charge in [0.2, 0.25) is 0 Å². The molecule has 0 aliphatic carbocycles. The first-order valence-corrected chi connectivity index (χ1v) is 6.57. The van der Waals surface area contributed by atoms with Crippen LogP contribution in [-0.4, -0.2) is 19.3 Å². The number of anilines is 1. The Balaban J connectivity index is 2.09. The van der Waals surface area contributed by atoms with Gasteiger partial charge in [-0.25, -0.2) is 0 Å². The first-order chi connectivity index (χ1) is 7.66. The number of benzene rings is 1. The molecule has 88 valence electrons. The van der Waals surface area contributed by atoms with Crippen LogP contribution < -0.4 is 5.32 Å². The predicted molar refractivity (Wildman–Crippen MR) is 71.1 cm³/mol. The number of aryl methyl sites for hydroxylation is 2. The molecule has 0 radical (unpaired) electrons. The zero-order valence-electron chi connectivity index (χ0n) is 9.85. The highest BCUT2D eigenvalue weighted by atomic mass is 79.9. The van der Waals surface area contributed by atoms with E-state index in [1.165, 1.54) is 27.7 Å². The topological polar surface area (TPSA) is 21.3 Å². The average molecular weight is 284 g/mol. The van der Waals surface area contributed by atoms with Crippen LogP contribution in [0.15, 0.2) is 16.6 Å². The second kappa shape index (κ2) is 5.19. The van der Waals surface area contributed by atoms with Gasteiger partial charge in [0, 0.05) is 22.8 Å². The molecule has 1 N–H and O–H groups in total. The molecule has 1 atom stereocenters. The quantitative estimate of drug-likeness (QED) is 0.895. The first kappa shape index (κ1) is 11.9. The van der Waals surface area contributed by atoms with Crippen molar-refractivity contribution in [2.75, 3.05) is 18.5 Å². The van der Waals surface area contributed by atoms with Crippen molar-refractivity contribution in [3.05, 3.63) is 27.7 Å². The largest absolute Gasteiger partial charge is 0.380 e. The van der Waals surface area contributed by atoms with E-state index in [9.17, 15) is 0 Å². The van der Waals surface area contributed by atoms with E-state index in [0.29, 0.717) is 6.04 Å². The Labute approximate surface area is 106 Å². The number of halogens is 1. The maximum Gasteiger partial charge on any atom is 0.0667 e. The molecule has 0 saturated carbocycles. The maximum absolute atomic E-state index is 5.47. The van der Waals surface area contributed by atoms with Crippen LogP contribution in [0.2, 0.25) is 0 Å². The van der Waals surface area contributed by atoms with Crippen LogP contribution in [0.4, 0.5) is 5.69 Å². The molecular weight excluding hydrogens is 266 g/mol. The summed E-state index contributed by atoms with van der Waals surface area (Å²) in [5.41, 5.74) is 3.76. The molecule has 1 fully saturated rings. The summed E-state index contributed by atoms with van der Waals surface area (Å²) < 4.78 is 6.67. The SMILES string of the molecule is Cc1cc(NC2CCCOC2)cc(C)c1Br. The Bertz CT molecular complexity index is 349. The summed E-state index contributed by atoms with van der Waals surface area (Å²) in [6.07, 6.45) is 2.36. The summed E-state index contributed by atoms with van der Waals surface area (Å²) in [5.74, 6) is 0. The van der Waals surface area contributed by atoms with E-state index in [1.807, 2.05) is 0 Å². The van der Waals surface area contributed by atoms with Crippen molar-refractivity contribution in [2.24, 2.45) is 0 Å². The lowest BCUT2D eigenvalue weighted by atomic mass is 10.1. The molecule has 3 heteroatoms. The fourth-order valence-electron chi connectivity index (χ4n) is 2.12. The minimum Gasteiger partial charge on any atom is -0.380 e. The molecule has 2 rings (SSSR count). The molecule has 1 aromatic rings. The summed E-state index contributed by atoms with van der Waals surface area (Å²) in [6.45, 7) is 5.99. The highest BCUT2D eigenvalue weighted by molar-refractivity contribution is 9.10. The number of rotatable bonds is 2. The van der Waals surface area contributed by atoms with Crippen molar-refractivity contribution in [1.82, 2.24) is 0 Å². The van der Waals surface area contributed by atoms with Gasteiger partial charge in [-0.3, -0.25) is 0 Å². The number of ether oxygens (including phenoxy) is 1. The van der Waals surface area contributed by atoms with Crippen LogP contribution in [0.5, 0.6) is 0 Å². The van der Waals surface area contributed by atoms with E-state index in [-0.39, 0.29) is 0 Å². The van der Waals surface area contributed by atoms with Crippen molar-refractivity contribution in [3.63, 3.8) is 0 Å². The third kappa shape index (κ3) is 2.77. The molecule has 1 unspecified atom stereocenters. The van der Waals surface area contributed by atoms with Crippen LogP contribution in [0.25, 0.3) is 0 Å². The lowest BCUT2D eigenvalue weighted by molar-refractivity contribution is 0.0876. The first-order valence-electron chi connectivity index (χ1n) is 5.78. The summed E-state index contributed by atoms with van der Waals surface area (Å²) >= 11 is 3.59. The normalized spacial score (nSPS) is 20.8. The smallest absolute Gasteiger partial charge is 0.0667 e. The van der Waals surface area contributed by atoms with Crippen LogP contribution >= 0.6 is 15.9 Å². The van der Waals surface area contributed by atoms with Crippen LogP contribution in [-0.2, 0) is 4.74 Å². The van der Waals surface area contributed by atoms with Crippen LogP contribution in [0, 0.1) is 13.8 Å². The van der Waals surface area contributed by atoms with Gasteiger partial charge in [0.25, 0.3) is 0 Å². The van der Waals surface area contributed by atoms with Gasteiger partial charge >= 0.3 is 0 Å². The highest BCUT2D eigenvalue weighted by Crippen LogP contribution is 2.26. The average Bonchev–Trinajstić information content (AvgIpc) is 2.27. The van der Waals surface area contributed by atoms with Gasteiger partial charge in [0.1, 0.15) is 0 Å². The fraction of sp³-hybridized carbons (Fsp3) is 0.538. The minimum absolute atomic E-state index is 0.466. The van der Waals surface area contributed by atoms with E-state index in [0.717, 1.165) is 19.6 Å². The predicted octanol–water partition coefficient (Wildman–Crippen LogP) is 3.66. The van der Waals surface area contributed by atoms with Gasteiger partial charge in [0.15, 0.2) is 0 Å². The molecular formula is C13H18BrNO. The molecule has 16 heavy (non-hydrogen) atoms. The molecule has 2 nitrogen and oxygen atoms in total. The molecule has 0 bridgehead atoms. The number of nitrogens with one attached hydrogen (secondary N) is 1. The Morgan fingerprint density at radius 3 is 2.56 bits per heavy atom. The molecule has 1 heterocycles. The third-order valence-electron chi connectivity index (χ3n) is 2.97. The van der Waals surface area contributed by atoms with Gasteiger partial charge in [-0.05, 0) is 49.9 Å². The van der Waals surface area contributed by atoms with Crippen molar-refractivity contribution in [1.29, 1.82) is 0 Å². The number of hydrogen-bond donors (Lipinski definition) is 1. The molecule has 1 aromatic carbocycles. The number of hydrogen-bond acceptors (Lipinski definition) is 2. The zero-order chi connectivity index (χ0) is 11.5. The minimum atomic E-state index is 0.466. The molecule has 1 saturated heterocycles. The molecule has 1 aliphatic rings. The van der Waals surface area contributed by atoms with Gasteiger partial charge in [-0.15, -0.1) is 0 Å². The molecule has 0 amide bonds. The van der Waals surface area contributed by atoms with Crippen LogP contribution in [0.1, 0.15) is 24.0 Å². The zero-order valence-corrected chi connectivity index (χ0v) is 11.4. The Morgan fingerprint density at radius 1 is 1.31 bits per heavy atom. The lowest BCUT2D eigenvalue weighted by Gasteiger charge is -2.24. The molecule has 0 aromatic heterocycles. The van der Waals surface area contributed by atoms with Gasteiger partial charge in [0.05, 0.1) is 6.61 Å². The van der Waals surface area contributed by atoms with E-state index in [4.69, 9.17) is 4.74 Å². The monoisotopic (exact) mass is 283 g/mol. The van der Waals surface area contributed by atoms with E-state index in [2.05, 4.69) is 47.2 Å². The van der Waals surface area contributed by atoms with Crippen molar-refractivity contribution < 1.29 is 4.74 Å². The molecule has 0 spiro atoms. The van der Waals surface area contributed by atoms with Crippen molar-refractivity contribution >= 4 is 21.6 Å². The lowest BCUT2D eigenvalue weighted by Crippen LogP contribution is -2.29. The van der Waals surface area contributed by atoms with Crippen LogP contribution in [0.3, 0.4) is 0 Å². The van der Waals surface area contributed by atoms with Crippen molar-refractivity contribution in [3.8, 4) is 0 Å². The molecule has 1 aliphatic heterocycles. The second-order valence-electron chi connectivity index (χ2n) is 4.48. The Morgan fingerprint density at radius 2 is 2.00 bits per heavy atom. The Hall–Kier alpha value is -0.540. The van der Waals surface area contributed by atoms with Gasteiger partial charge in [-0.1, -0.05) is 15.9 Å². The summed E-state index contributed by atoms with van der Waals surface area (Å²) in [6, 6.07) is 4.84. The van der Waals surface area contributed by atoms with E-state index < -0.39 is 0 Å². The summed E-state index contributed by atoms with van der Waals surface area (Å²) in [7, 11) is 0. The van der Waals surface area contributed by atoms with E-state index in [1.54, 1.807) is 0 Å². The maximum atomic E-state index is 5.47. The Kier molecular flexibility index (Phi) is 3.87. The van der Waals surface area contributed by atoms with Gasteiger partial charge in [-0.2, -0.15) is 0 Å². The van der Waals surface area contributed by atoms with Gasteiger partial charge < -0.3 is 10.1 Å². The standard InChI is InChI=1S/C13H18BrNO/c1-9-6-12(7-10(2)13(9)14)15-11-4-3-5-16-8-11/h6-7,11,15H,3-5,8H2,1-2H3.